The molecule has 2 aromatic rings. The van der Waals surface area contributed by atoms with Gasteiger partial charge in [0, 0.05) is 19.0 Å². The van der Waals surface area contributed by atoms with Crippen LogP contribution in [0.3, 0.4) is 0 Å². The molecule has 0 aliphatic carbocycles. The van der Waals surface area contributed by atoms with Crippen LogP contribution in [0, 0.1) is 5.92 Å². The fourth-order valence-corrected chi connectivity index (χ4v) is 4.92. The van der Waals surface area contributed by atoms with Crippen LogP contribution in [0.1, 0.15) is 51.2 Å². The van der Waals surface area contributed by atoms with E-state index in [4.69, 9.17) is 10.5 Å². The molecule has 1 heterocycles. The maximum Gasteiger partial charge on any atom is 0.405 e. The van der Waals surface area contributed by atoms with Gasteiger partial charge in [0.1, 0.15) is 11.8 Å². The molecule has 39 heavy (non-hydrogen) atoms. The summed E-state index contributed by atoms with van der Waals surface area (Å²) >= 11 is 0. The Balaban J connectivity index is 1.59. The molecule has 5 N–H and O–H groups in total. The smallest absolute Gasteiger partial charge is 0.405 e. The number of amides is 3. The number of hydrogen-bond donors (Lipinski definition) is 4. The molecular weight excluding hydrogens is 498 g/mol. The maximum atomic E-state index is 13.6. The van der Waals surface area contributed by atoms with Crippen LogP contribution in [0.15, 0.2) is 59.6 Å². The van der Waals surface area contributed by atoms with E-state index in [1.54, 1.807) is 31.4 Å². The molecule has 1 aliphatic rings. The molecule has 210 valence electrons. The predicted molar refractivity (Wildman–Crippen MR) is 149 cm³/mol. The van der Waals surface area contributed by atoms with Gasteiger partial charge in [-0.05, 0) is 55.4 Å². The first-order valence-electron chi connectivity index (χ1n) is 13.2. The van der Waals surface area contributed by atoms with Crippen LogP contribution in [0.25, 0.3) is 0 Å². The van der Waals surface area contributed by atoms with Crippen LogP contribution in [-0.2, 0) is 21.5 Å². The lowest BCUT2D eigenvalue weighted by Crippen LogP contribution is -2.50. The lowest BCUT2D eigenvalue weighted by atomic mass is 9.82. The Kier molecular flexibility index (Phi) is 9.92. The Morgan fingerprint density at radius 3 is 2.33 bits per heavy atom. The van der Waals surface area contributed by atoms with E-state index in [0.717, 1.165) is 11.1 Å². The van der Waals surface area contributed by atoms with Crippen LogP contribution in [0.5, 0.6) is 5.75 Å². The maximum absolute atomic E-state index is 13.6. The number of carbonyl (C=O) groups is 3. The van der Waals surface area contributed by atoms with Crippen molar-refractivity contribution < 1.29 is 24.2 Å². The van der Waals surface area contributed by atoms with Gasteiger partial charge in [-0.15, -0.1) is 0 Å². The number of guanidine groups is 1. The number of nitrogens with two attached hydrogens (primary N) is 1. The molecule has 0 bridgehead atoms. The van der Waals surface area contributed by atoms with Crippen molar-refractivity contribution in [3.8, 4) is 5.75 Å². The van der Waals surface area contributed by atoms with Crippen LogP contribution in [-0.4, -0.2) is 59.6 Å². The second kappa shape index (κ2) is 13.1. The van der Waals surface area contributed by atoms with Gasteiger partial charge in [-0.2, -0.15) is 0 Å². The number of nitrogens with one attached hydrogen (secondary N) is 2. The van der Waals surface area contributed by atoms with Crippen LogP contribution >= 0.6 is 0 Å². The number of methoxy groups -OCH3 is 1. The van der Waals surface area contributed by atoms with Gasteiger partial charge >= 0.3 is 6.09 Å². The SMILES string of the molecule is COc1ccc(CC(NC(=O)O)C(=O)NC(C)CCCN2C(=O)[C@@](CC(C)C)(c3ccccc3)N=C2N)cc1. The highest BCUT2D eigenvalue weighted by atomic mass is 16.5. The molecule has 0 spiro atoms. The van der Waals surface area contributed by atoms with Gasteiger partial charge in [-0.3, -0.25) is 14.5 Å². The van der Waals surface area contributed by atoms with E-state index in [0.29, 0.717) is 31.6 Å². The Bertz CT molecular complexity index is 1170. The average Bonchev–Trinajstić information content (AvgIpc) is 3.13. The third-order valence-corrected chi connectivity index (χ3v) is 6.76. The van der Waals surface area contributed by atoms with E-state index in [2.05, 4.69) is 29.5 Å². The van der Waals surface area contributed by atoms with Crippen molar-refractivity contribution >= 4 is 23.9 Å². The summed E-state index contributed by atoms with van der Waals surface area (Å²) in [6.45, 7) is 6.32. The van der Waals surface area contributed by atoms with Crippen LogP contribution in [0.2, 0.25) is 0 Å². The molecule has 0 saturated heterocycles. The average molecular weight is 538 g/mol. The van der Waals surface area contributed by atoms with Crippen molar-refractivity contribution in [1.29, 1.82) is 0 Å². The van der Waals surface area contributed by atoms with Gasteiger partial charge in [0.15, 0.2) is 11.5 Å². The fraction of sp³-hybridized carbons (Fsp3) is 0.448. The lowest BCUT2D eigenvalue weighted by molar-refractivity contribution is -0.132. The molecule has 10 heteroatoms. The lowest BCUT2D eigenvalue weighted by Gasteiger charge is -2.28. The van der Waals surface area contributed by atoms with E-state index in [9.17, 15) is 19.5 Å². The zero-order valence-electron chi connectivity index (χ0n) is 23.0. The molecule has 2 unspecified atom stereocenters. The van der Waals surface area contributed by atoms with E-state index in [1.807, 2.05) is 37.3 Å². The number of ether oxygens (including phenoxy) is 1. The second-order valence-corrected chi connectivity index (χ2v) is 10.4. The van der Waals surface area contributed by atoms with E-state index >= 15 is 0 Å². The summed E-state index contributed by atoms with van der Waals surface area (Å²) in [7, 11) is 1.56. The summed E-state index contributed by atoms with van der Waals surface area (Å²) in [6.07, 6.45) is 0.605. The molecule has 3 rings (SSSR count). The first-order chi connectivity index (χ1) is 18.6. The zero-order valence-corrected chi connectivity index (χ0v) is 23.0. The number of rotatable bonds is 13. The second-order valence-electron chi connectivity index (χ2n) is 10.4. The number of hydrogen-bond acceptors (Lipinski definition) is 6. The Hall–Kier alpha value is -4.08. The Labute approximate surface area is 229 Å². The van der Waals surface area contributed by atoms with Crippen LogP contribution < -0.4 is 21.1 Å². The van der Waals surface area contributed by atoms with Crippen molar-refractivity contribution in [2.45, 2.75) is 64.1 Å². The first kappa shape index (κ1) is 29.5. The predicted octanol–water partition coefficient (Wildman–Crippen LogP) is 3.26. The number of carbonyl (C=O) groups excluding carboxylic acids is 2. The quantitative estimate of drug-likeness (QED) is 0.308. The first-order valence-corrected chi connectivity index (χ1v) is 13.2. The molecule has 0 radical (unpaired) electrons. The number of carboxylic acid groups (broad SMARTS) is 1. The largest absolute Gasteiger partial charge is 0.497 e. The summed E-state index contributed by atoms with van der Waals surface area (Å²) in [5.74, 6) is 0.547. The molecule has 3 atom stereocenters. The van der Waals surface area contributed by atoms with Crippen molar-refractivity contribution in [2.75, 3.05) is 13.7 Å². The van der Waals surface area contributed by atoms with E-state index in [-0.39, 0.29) is 30.2 Å². The van der Waals surface area contributed by atoms with Crippen molar-refractivity contribution in [3.63, 3.8) is 0 Å². The Morgan fingerprint density at radius 2 is 1.74 bits per heavy atom. The minimum atomic E-state index is -1.28. The van der Waals surface area contributed by atoms with Crippen molar-refractivity contribution in [1.82, 2.24) is 15.5 Å². The summed E-state index contributed by atoms with van der Waals surface area (Å²) in [5.41, 5.74) is 6.83. The Morgan fingerprint density at radius 1 is 1.08 bits per heavy atom. The minimum Gasteiger partial charge on any atom is -0.497 e. The third kappa shape index (κ3) is 7.49. The van der Waals surface area contributed by atoms with Gasteiger partial charge in [0.2, 0.25) is 5.91 Å². The van der Waals surface area contributed by atoms with Gasteiger partial charge in [-0.1, -0.05) is 56.3 Å². The molecule has 2 aromatic carbocycles. The molecule has 3 amide bonds. The third-order valence-electron chi connectivity index (χ3n) is 6.76. The molecule has 0 aromatic heterocycles. The standard InChI is InChI=1S/C29H39N5O5/c1-19(2)18-29(22-10-6-5-7-11-22)26(36)34(27(30)33-29)16-8-9-20(3)31-25(35)24(32-28(37)38)17-21-12-14-23(39-4)15-13-21/h5-7,10-15,19-20,24,32H,8-9,16-18H2,1-4H3,(H2,30,33)(H,31,35)(H,37,38)/t20?,24?,29-/m1/s1. The van der Waals surface area contributed by atoms with E-state index in [1.165, 1.54) is 4.90 Å². The molecule has 0 saturated carbocycles. The fourth-order valence-electron chi connectivity index (χ4n) is 4.92. The minimum absolute atomic E-state index is 0.137. The number of aliphatic imine (C=N–C) groups is 1. The highest BCUT2D eigenvalue weighted by Gasteiger charge is 2.49. The van der Waals surface area contributed by atoms with E-state index < -0.39 is 23.6 Å². The summed E-state index contributed by atoms with van der Waals surface area (Å²) in [4.78, 5) is 44.1. The highest BCUT2D eigenvalue weighted by molar-refractivity contribution is 6.07. The monoisotopic (exact) mass is 537 g/mol. The normalized spacial score (nSPS) is 18.4. The molecular formula is C29H39N5O5. The van der Waals surface area contributed by atoms with Gasteiger partial charge in [0.05, 0.1) is 7.11 Å². The van der Waals surface area contributed by atoms with Gasteiger partial charge < -0.3 is 26.2 Å². The topological polar surface area (TPSA) is 146 Å². The number of benzene rings is 2. The summed E-state index contributed by atoms with van der Waals surface area (Å²) in [6, 6.07) is 15.4. The van der Waals surface area contributed by atoms with Gasteiger partial charge in [0.25, 0.3) is 5.91 Å². The van der Waals surface area contributed by atoms with Crippen molar-refractivity contribution in [3.05, 3.63) is 65.7 Å². The number of nitrogens with zero attached hydrogens (tertiary/aromatic N) is 2. The van der Waals surface area contributed by atoms with Crippen molar-refractivity contribution in [2.24, 2.45) is 16.6 Å². The zero-order chi connectivity index (χ0) is 28.6. The van der Waals surface area contributed by atoms with Gasteiger partial charge in [-0.25, -0.2) is 9.79 Å². The molecule has 1 aliphatic heterocycles. The highest BCUT2D eigenvalue weighted by Crippen LogP contribution is 2.38. The summed E-state index contributed by atoms with van der Waals surface area (Å²) < 4.78 is 5.15. The molecule has 10 nitrogen and oxygen atoms in total. The molecule has 0 fully saturated rings. The summed E-state index contributed by atoms with van der Waals surface area (Å²) in [5, 5.41) is 14.4. The van der Waals surface area contributed by atoms with Crippen LogP contribution in [0.4, 0.5) is 4.79 Å².